The van der Waals surface area contributed by atoms with Crippen LogP contribution in [0.15, 0.2) is 43.1 Å². The summed E-state index contributed by atoms with van der Waals surface area (Å²) in [6.45, 7) is 6.91. The lowest BCUT2D eigenvalue weighted by Crippen LogP contribution is -2.42. The van der Waals surface area contributed by atoms with Gasteiger partial charge in [-0.05, 0) is 42.8 Å². The van der Waals surface area contributed by atoms with E-state index < -0.39 is 0 Å². The van der Waals surface area contributed by atoms with Gasteiger partial charge in [-0.1, -0.05) is 18.2 Å². The van der Waals surface area contributed by atoms with E-state index in [9.17, 15) is 4.79 Å². The summed E-state index contributed by atoms with van der Waals surface area (Å²) in [4.78, 5) is 22.5. The minimum atomic E-state index is -0.190. The number of nitrogens with zero attached hydrogens (tertiary/aromatic N) is 3. The molecule has 0 N–H and O–H groups in total. The second kappa shape index (κ2) is 7.11. The van der Waals surface area contributed by atoms with Gasteiger partial charge in [-0.2, -0.15) is 0 Å². The van der Waals surface area contributed by atoms with Gasteiger partial charge in [-0.25, -0.2) is 9.97 Å². The summed E-state index contributed by atoms with van der Waals surface area (Å²) >= 11 is 6.31. The molecule has 3 rings (SSSR count). The Bertz CT molecular complexity index is 779. The van der Waals surface area contributed by atoms with Crippen molar-refractivity contribution in [2.24, 2.45) is 0 Å². The zero-order valence-electron chi connectivity index (χ0n) is 13.4. The molecule has 1 aliphatic rings. The Morgan fingerprint density at radius 2 is 2.29 bits per heavy atom. The molecule has 1 fully saturated rings. The monoisotopic (exact) mass is 343 g/mol. The number of carbonyl (C=O) groups is 1. The lowest BCUT2D eigenvalue weighted by atomic mass is 10.0. The highest BCUT2D eigenvalue weighted by Gasteiger charge is 2.27. The zero-order chi connectivity index (χ0) is 17.1. The Hall–Kier alpha value is -2.24. The van der Waals surface area contributed by atoms with Gasteiger partial charge in [0.05, 0.1) is 24.9 Å². The molecule has 1 unspecified atom stereocenters. The summed E-state index contributed by atoms with van der Waals surface area (Å²) in [5.74, 6) is 0.584. The van der Waals surface area contributed by atoms with Gasteiger partial charge in [0.1, 0.15) is 5.82 Å². The maximum absolute atomic E-state index is 12.1. The molecule has 24 heavy (non-hydrogen) atoms. The summed E-state index contributed by atoms with van der Waals surface area (Å²) in [7, 11) is 0. The molecule has 5 nitrogen and oxygen atoms in total. The molecule has 1 atom stereocenters. The number of benzene rings is 1. The standard InChI is InChI=1S/C18H18ClN3O2/c1-3-18(23)22-6-7-24-11-17(22)14-8-13(9-15(19)10-14)16-4-5-20-12(2)21-16/h3-5,8-10,17H,1,6-7,11H2,2H3. The van der Waals surface area contributed by atoms with Crippen LogP contribution in [0, 0.1) is 6.92 Å². The van der Waals surface area contributed by atoms with Crippen LogP contribution in [-0.2, 0) is 9.53 Å². The number of aryl methyl sites for hydroxylation is 1. The van der Waals surface area contributed by atoms with Crippen LogP contribution in [0.1, 0.15) is 17.4 Å². The zero-order valence-corrected chi connectivity index (χ0v) is 14.2. The Labute approximate surface area is 145 Å². The Balaban J connectivity index is 2.01. The maximum atomic E-state index is 12.1. The van der Waals surface area contributed by atoms with E-state index in [2.05, 4.69) is 16.5 Å². The second-order valence-corrected chi connectivity index (χ2v) is 6.03. The molecule has 6 heteroatoms. The summed E-state index contributed by atoms with van der Waals surface area (Å²) in [5, 5.41) is 0.593. The highest BCUT2D eigenvalue weighted by molar-refractivity contribution is 6.31. The molecule has 2 heterocycles. The lowest BCUT2D eigenvalue weighted by Gasteiger charge is -2.35. The van der Waals surface area contributed by atoms with E-state index in [1.807, 2.05) is 31.2 Å². The highest BCUT2D eigenvalue weighted by atomic mass is 35.5. The van der Waals surface area contributed by atoms with Crippen molar-refractivity contribution in [1.29, 1.82) is 0 Å². The van der Waals surface area contributed by atoms with Gasteiger partial charge in [0.2, 0.25) is 5.91 Å². The first-order valence-electron chi connectivity index (χ1n) is 7.70. The van der Waals surface area contributed by atoms with E-state index in [-0.39, 0.29) is 11.9 Å². The largest absolute Gasteiger partial charge is 0.377 e. The van der Waals surface area contributed by atoms with Crippen LogP contribution < -0.4 is 0 Å². The van der Waals surface area contributed by atoms with Crippen molar-refractivity contribution in [2.45, 2.75) is 13.0 Å². The molecule has 0 radical (unpaired) electrons. The van der Waals surface area contributed by atoms with Crippen LogP contribution in [0.4, 0.5) is 0 Å². The van der Waals surface area contributed by atoms with Crippen molar-refractivity contribution in [3.8, 4) is 11.3 Å². The Kier molecular flexibility index (Phi) is 4.92. The minimum Gasteiger partial charge on any atom is -0.377 e. The summed E-state index contributed by atoms with van der Waals surface area (Å²) in [6.07, 6.45) is 3.05. The number of ether oxygens (including phenoxy) is 1. The summed E-state index contributed by atoms with van der Waals surface area (Å²) < 4.78 is 5.57. The second-order valence-electron chi connectivity index (χ2n) is 5.59. The van der Waals surface area contributed by atoms with E-state index in [1.54, 1.807) is 11.1 Å². The van der Waals surface area contributed by atoms with Crippen molar-refractivity contribution in [3.05, 3.63) is 59.5 Å². The lowest BCUT2D eigenvalue weighted by molar-refractivity contribution is -0.134. The molecular weight excluding hydrogens is 326 g/mol. The first-order valence-corrected chi connectivity index (χ1v) is 8.07. The molecule has 0 saturated carbocycles. The fourth-order valence-electron chi connectivity index (χ4n) is 2.83. The molecular formula is C18H18ClN3O2. The van der Waals surface area contributed by atoms with E-state index in [0.717, 1.165) is 16.8 Å². The van der Waals surface area contributed by atoms with E-state index in [0.29, 0.717) is 30.6 Å². The summed E-state index contributed by atoms with van der Waals surface area (Å²) in [6, 6.07) is 7.37. The van der Waals surface area contributed by atoms with Gasteiger partial charge < -0.3 is 9.64 Å². The molecule has 1 aliphatic heterocycles. The first-order chi connectivity index (χ1) is 11.6. The number of carbonyl (C=O) groups excluding carboxylic acids is 1. The van der Waals surface area contributed by atoms with E-state index in [1.165, 1.54) is 6.08 Å². The van der Waals surface area contributed by atoms with Gasteiger partial charge in [0, 0.05) is 23.3 Å². The van der Waals surface area contributed by atoms with Crippen molar-refractivity contribution in [1.82, 2.24) is 14.9 Å². The van der Waals surface area contributed by atoms with Crippen molar-refractivity contribution < 1.29 is 9.53 Å². The van der Waals surface area contributed by atoms with Gasteiger partial charge >= 0.3 is 0 Å². The number of hydrogen-bond acceptors (Lipinski definition) is 4. The van der Waals surface area contributed by atoms with Gasteiger partial charge in [0.25, 0.3) is 0 Å². The summed E-state index contributed by atoms with van der Waals surface area (Å²) in [5.41, 5.74) is 2.60. The van der Waals surface area contributed by atoms with Crippen molar-refractivity contribution in [2.75, 3.05) is 19.8 Å². The van der Waals surface area contributed by atoms with Crippen LogP contribution in [0.2, 0.25) is 5.02 Å². The number of hydrogen-bond donors (Lipinski definition) is 0. The molecule has 0 bridgehead atoms. The highest BCUT2D eigenvalue weighted by Crippen LogP contribution is 2.31. The van der Waals surface area contributed by atoms with Crippen LogP contribution in [0.25, 0.3) is 11.3 Å². The molecule has 1 amide bonds. The topological polar surface area (TPSA) is 55.3 Å². The van der Waals surface area contributed by atoms with Crippen LogP contribution in [0.5, 0.6) is 0 Å². The predicted octanol–water partition coefficient (Wildman–Crippen LogP) is 3.19. The van der Waals surface area contributed by atoms with Crippen molar-refractivity contribution >= 4 is 17.5 Å². The third kappa shape index (κ3) is 3.47. The normalized spacial score (nSPS) is 17.6. The number of amides is 1. The third-order valence-corrected chi connectivity index (χ3v) is 4.18. The predicted molar refractivity (Wildman–Crippen MR) is 92.7 cm³/mol. The van der Waals surface area contributed by atoms with Crippen molar-refractivity contribution in [3.63, 3.8) is 0 Å². The minimum absolute atomic E-state index is 0.109. The van der Waals surface area contributed by atoms with E-state index in [4.69, 9.17) is 16.3 Å². The van der Waals surface area contributed by atoms with Crippen LogP contribution >= 0.6 is 11.6 Å². The molecule has 1 saturated heterocycles. The average molecular weight is 344 g/mol. The molecule has 0 spiro atoms. The Morgan fingerprint density at radius 3 is 3.04 bits per heavy atom. The molecule has 1 aromatic heterocycles. The number of morpholine rings is 1. The Morgan fingerprint density at radius 1 is 1.46 bits per heavy atom. The SMILES string of the molecule is C=CC(=O)N1CCOCC1c1cc(Cl)cc(-c2ccnc(C)n2)c1. The molecule has 124 valence electrons. The van der Waals surface area contributed by atoms with Gasteiger partial charge in [-0.15, -0.1) is 0 Å². The molecule has 2 aromatic rings. The molecule has 0 aliphatic carbocycles. The third-order valence-electron chi connectivity index (χ3n) is 3.96. The van der Waals surface area contributed by atoms with E-state index >= 15 is 0 Å². The maximum Gasteiger partial charge on any atom is 0.246 e. The number of halogens is 1. The quantitative estimate of drug-likeness (QED) is 0.803. The van der Waals surface area contributed by atoms with Gasteiger partial charge in [-0.3, -0.25) is 4.79 Å². The fraction of sp³-hybridized carbons (Fsp3) is 0.278. The average Bonchev–Trinajstić information content (AvgIpc) is 2.60. The van der Waals surface area contributed by atoms with Crippen LogP contribution in [-0.4, -0.2) is 40.5 Å². The fourth-order valence-corrected chi connectivity index (χ4v) is 3.07. The number of rotatable bonds is 3. The molecule has 1 aromatic carbocycles. The smallest absolute Gasteiger partial charge is 0.246 e. The first kappa shape index (κ1) is 16.6. The number of aromatic nitrogens is 2. The van der Waals surface area contributed by atoms with Gasteiger partial charge in [0.15, 0.2) is 0 Å². The van der Waals surface area contributed by atoms with Crippen LogP contribution in [0.3, 0.4) is 0 Å².